The number of ether oxygens (including phenoxy) is 1. The first-order valence-corrected chi connectivity index (χ1v) is 10.3. The minimum atomic E-state index is -3.68. The molecule has 0 aliphatic rings. The van der Waals surface area contributed by atoms with Crippen molar-refractivity contribution < 1.29 is 17.9 Å². The molecule has 0 unspecified atom stereocenters. The lowest BCUT2D eigenvalue weighted by molar-refractivity contribution is 0.102. The number of carbonyl (C=O) groups is 1. The molecule has 146 valence electrons. The normalized spacial score (nSPS) is 11.5. The maximum Gasteiger partial charge on any atom is 0.255 e. The number of sulfonamides is 1. The summed E-state index contributed by atoms with van der Waals surface area (Å²) < 4.78 is 32.5. The van der Waals surface area contributed by atoms with Crippen LogP contribution in [0, 0.1) is 12.8 Å². The molecular formula is C19H23ClN2O4S. The van der Waals surface area contributed by atoms with E-state index in [0.29, 0.717) is 23.0 Å². The van der Waals surface area contributed by atoms with Crippen molar-refractivity contribution in [2.75, 3.05) is 19.0 Å². The molecule has 0 radical (unpaired) electrons. The zero-order valence-electron chi connectivity index (χ0n) is 15.7. The molecule has 0 spiro atoms. The van der Waals surface area contributed by atoms with Gasteiger partial charge in [0.05, 0.1) is 17.7 Å². The van der Waals surface area contributed by atoms with Crippen LogP contribution in [0.3, 0.4) is 0 Å². The third-order valence-corrected chi connectivity index (χ3v) is 5.65. The first kappa shape index (κ1) is 21.2. The van der Waals surface area contributed by atoms with Crippen molar-refractivity contribution in [3.05, 3.63) is 52.5 Å². The van der Waals surface area contributed by atoms with E-state index in [0.717, 1.165) is 5.56 Å². The number of halogens is 1. The highest BCUT2D eigenvalue weighted by Crippen LogP contribution is 2.31. The van der Waals surface area contributed by atoms with Crippen molar-refractivity contribution in [3.63, 3.8) is 0 Å². The van der Waals surface area contributed by atoms with Gasteiger partial charge in [0.2, 0.25) is 10.0 Å². The summed E-state index contributed by atoms with van der Waals surface area (Å²) in [6, 6.07) is 9.18. The van der Waals surface area contributed by atoms with Gasteiger partial charge in [-0.05, 0) is 42.7 Å². The van der Waals surface area contributed by atoms with E-state index in [1.165, 1.54) is 25.3 Å². The Labute approximate surface area is 164 Å². The summed E-state index contributed by atoms with van der Waals surface area (Å²) in [5, 5.41) is 3.26. The third kappa shape index (κ3) is 5.45. The van der Waals surface area contributed by atoms with Crippen molar-refractivity contribution in [1.82, 2.24) is 4.72 Å². The molecule has 2 aromatic rings. The zero-order chi connectivity index (χ0) is 20.2. The number of carbonyl (C=O) groups excluding carboxylic acids is 1. The predicted molar refractivity (Wildman–Crippen MR) is 107 cm³/mol. The highest BCUT2D eigenvalue weighted by atomic mass is 35.5. The molecule has 2 aromatic carbocycles. The van der Waals surface area contributed by atoms with Gasteiger partial charge in [0.25, 0.3) is 5.91 Å². The van der Waals surface area contributed by atoms with Gasteiger partial charge in [-0.2, -0.15) is 0 Å². The summed E-state index contributed by atoms with van der Waals surface area (Å²) in [4.78, 5) is 12.6. The van der Waals surface area contributed by atoms with Crippen LogP contribution in [0.4, 0.5) is 5.69 Å². The van der Waals surface area contributed by atoms with Crippen molar-refractivity contribution in [1.29, 1.82) is 0 Å². The third-order valence-electron chi connectivity index (χ3n) is 3.82. The lowest BCUT2D eigenvalue weighted by Gasteiger charge is -2.13. The van der Waals surface area contributed by atoms with E-state index in [2.05, 4.69) is 10.0 Å². The van der Waals surface area contributed by atoms with Gasteiger partial charge in [0.15, 0.2) is 0 Å². The van der Waals surface area contributed by atoms with Crippen LogP contribution in [0.1, 0.15) is 29.8 Å². The lowest BCUT2D eigenvalue weighted by Crippen LogP contribution is -2.27. The fourth-order valence-electron chi connectivity index (χ4n) is 2.29. The number of rotatable bonds is 7. The SMILES string of the molecule is COc1cc(Cl)c(C)cc1NC(=O)c1cccc(S(=O)(=O)NCC(C)C)c1. The number of methoxy groups -OCH3 is 1. The quantitative estimate of drug-likeness (QED) is 0.726. The highest BCUT2D eigenvalue weighted by molar-refractivity contribution is 7.89. The molecule has 0 aromatic heterocycles. The molecule has 0 bridgehead atoms. The highest BCUT2D eigenvalue weighted by Gasteiger charge is 2.17. The van der Waals surface area contributed by atoms with Crippen LogP contribution in [0.15, 0.2) is 41.3 Å². The van der Waals surface area contributed by atoms with Crippen molar-refractivity contribution in [2.24, 2.45) is 5.92 Å². The summed E-state index contributed by atoms with van der Waals surface area (Å²) in [6.07, 6.45) is 0. The van der Waals surface area contributed by atoms with E-state index in [4.69, 9.17) is 16.3 Å². The fraction of sp³-hybridized carbons (Fsp3) is 0.316. The summed E-state index contributed by atoms with van der Waals surface area (Å²) in [5.74, 6) is 0.143. The molecule has 1 amide bonds. The number of hydrogen-bond donors (Lipinski definition) is 2. The molecule has 0 aliphatic carbocycles. The van der Waals surface area contributed by atoms with Crippen LogP contribution in [-0.4, -0.2) is 28.0 Å². The molecular weight excluding hydrogens is 388 g/mol. The topological polar surface area (TPSA) is 84.5 Å². The Morgan fingerprint density at radius 1 is 1.22 bits per heavy atom. The average Bonchev–Trinajstić information content (AvgIpc) is 2.63. The van der Waals surface area contributed by atoms with Gasteiger partial charge >= 0.3 is 0 Å². The Hall–Kier alpha value is -2.09. The summed E-state index contributed by atoms with van der Waals surface area (Å²) in [5.41, 5.74) is 1.45. The van der Waals surface area contributed by atoms with Crippen molar-refractivity contribution in [2.45, 2.75) is 25.7 Å². The van der Waals surface area contributed by atoms with E-state index in [1.54, 1.807) is 18.2 Å². The lowest BCUT2D eigenvalue weighted by atomic mass is 10.1. The monoisotopic (exact) mass is 410 g/mol. The average molecular weight is 411 g/mol. The van der Waals surface area contributed by atoms with Crippen LogP contribution >= 0.6 is 11.6 Å². The Bertz CT molecular complexity index is 943. The maximum atomic E-state index is 12.6. The van der Waals surface area contributed by atoms with Crippen molar-refractivity contribution in [3.8, 4) is 5.75 Å². The molecule has 8 heteroatoms. The van der Waals surface area contributed by atoms with Gasteiger partial charge in [-0.3, -0.25) is 4.79 Å². The predicted octanol–water partition coefficient (Wildman–Crippen LogP) is 3.84. The van der Waals surface area contributed by atoms with Gasteiger partial charge in [-0.25, -0.2) is 13.1 Å². The van der Waals surface area contributed by atoms with Gasteiger partial charge in [-0.1, -0.05) is 31.5 Å². The van der Waals surface area contributed by atoms with E-state index in [1.807, 2.05) is 20.8 Å². The molecule has 0 atom stereocenters. The van der Waals surface area contributed by atoms with Gasteiger partial charge in [0, 0.05) is 23.2 Å². The van der Waals surface area contributed by atoms with E-state index in [9.17, 15) is 13.2 Å². The van der Waals surface area contributed by atoms with Gasteiger partial charge in [-0.15, -0.1) is 0 Å². The van der Waals surface area contributed by atoms with Gasteiger partial charge < -0.3 is 10.1 Å². The molecule has 2 N–H and O–H groups in total. The first-order chi connectivity index (χ1) is 12.6. The molecule has 0 aliphatic heterocycles. The molecule has 6 nitrogen and oxygen atoms in total. The number of amides is 1. The number of benzene rings is 2. The largest absolute Gasteiger partial charge is 0.495 e. The molecule has 27 heavy (non-hydrogen) atoms. The van der Waals surface area contributed by atoms with Crippen LogP contribution in [0.2, 0.25) is 5.02 Å². The second-order valence-corrected chi connectivity index (χ2v) is 8.70. The Balaban J connectivity index is 2.27. The Morgan fingerprint density at radius 3 is 2.56 bits per heavy atom. The first-order valence-electron chi connectivity index (χ1n) is 8.39. The smallest absolute Gasteiger partial charge is 0.255 e. The van der Waals surface area contributed by atoms with Crippen LogP contribution in [0.5, 0.6) is 5.75 Å². The zero-order valence-corrected chi connectivity index (χ0v) is 17.2. The van der Waals surface area contributed by atoms with E-state index >= 15 is 0 Å². The summed E-state index contributed by atoms with van der Waals surface area (Å²) in [7, 11) is -2.21. The number of hydrogen-bond acceptors (Lipinski definition) is 4. The van der Waals surface area contributed by atoms with Crippen molar-refractivity contribution >= 4 is 33.2 Å². The second kappa shape index (κ2) is 8.73. The number of nitrogens with one attached hydrogen (secondary N) is 2. The Kier molecular flexibility index (Phi) is 6.86. The summed E-state index contributed by atoms with van der Waals surface area (Å²) >= 11 is 6.07. The van der Waals surface area contributed by atoms with Gasteiger partial charge in [0.1, 0.15) is 5.75 Å². The second-order valence-electron chi connectivity index (χ2n) is 6.53. The Morgan fingerprint density at radius 2 is 1.93 bits per heavy atom. The van der Waals surface area contributed by atoms with Crippen LogP contribution in [0.25, 0.3) is 0 Å². The minimum Gasteiger partial charge on any atom is -0.495 e. The molecule has 0 fully saturated rings. The molecule has 0 saturated carbocycles. The fourth-order valence-corrected chi connectivity index (χ4v) is 3.70. The van der Waals surface area contributed by atoms with Crippen LogP contribution < -0.4 is 14.8 Å². The number of anilines is 1. The molecule has 2 rings (SSSR count). The molecule has 0 heterocycles. The van der Waals surface area contributed by atoms with E-state index in [-0.39, 0.29) is 16.4 Å². The van der Waals surface area contributed by atoms with Crippen LogP contribution in [-0.2, 0) is 10.0 Å². The molecule has 0 saturated heterocycles. The minimum absolute atomic E-state index is 0.0371. The standard InChI is InChI=1S/C19H23ClN2O4S/c1-12(2)11-21-27(24,25)15-7-5-6-14(9-15)19(23)22-17-8-13(3)16(20)10-18(17)26-4/h5-10,12,21H,11H2,1-4H3,(H,22,23). The van der Waals surface area contributed by atoms with E-state index < -0.39 is 15.9 Å². The maximum absolute atomic E-state index is 12.6. The number of aryl methyl sites for hydroxylation is 1. The summed E-state index contributed by atoms with van der Waals surface area (Å²) in [6.45, 7) is 5.95.